The van der Waals surface area contributed by atoms with Gasteiger partial charge in [-0.15, -0.1) is 0 Å². The van der Waals surface area contributed by atoms with Crippen LogP contribution in [0.25, 0.3) is 0 Å². The number of nitrogens with one attached hydrogen (secondary N) is 1. The van der Waals surface area contributed by atoms with Crippen LogP contribution in [-0.2, 0) is 0 Å². The Balaban J connectivity index is 3.64. The summed E-state index contributed by atoms with van der Waals surface area (Å²) in [4.78, 5) is 2.02. The fraction of sp³-hybridized carbons (Fsp3) is 0.833. The van der Waals surface area contributed by atoms with Crippen LogP contribution in [0.1, 0.15) is 13.8 Å². The monoisotopic (exact) mass is 114 g/mol. The Labute approximate surface area is 51.0 Å². The van der Waals surface area contributed by atoms with Gasteiger partial charge in [0.05, 0.1) is 0 Å². The van der Waals surface area contributed by atoms with Gasteiger partial charge < -0.3 is 10.3 Å². The van der Waals surface area contributed by atoms with Crippen LogP contribution < -0.4 is 0 Å². The van der Waals surface area contributed by atoms with Crippen LogP contribution in [0.4, 0.5) is 0 Å². The van der Waals surface area contributed by atoms with Gasteiger partial charge in [0, 0.05) is 11.8 Å². The third-order valence-corrected chi connectivity index (χ3v) is 1.40. The molecule has 0 fully saturated rings. The zero-order chi connectivity index (χ0) is 6.73. The van der Waals surface area contributed by atoms with E-state index in [2.05, 4.69) is 0 Å². The van der Waals surface area contributed by atoms with E-state index in [-0.39, 0.29) is 6.04 Å². The zero-order valence-electron chi connectivity index (χ0n) is 6.02. The van der Waals surface area contributed by atoms with Crippen LogP contribution in [0, 0.1) is 5.41 Å². The first-order valence-electron chi connectivity index (χ1n) is 2.77. The highest BCUT2D eigenvalue weighted by Gasteiger charge is 2.03. The van der Waals surface area contributed by atoms with Crippen molar-refractivity contribution in [3.8, 4) is 0 Å². The summed E-state index contributed by atoms with van der Waals surface area (Å²) in [7, 11) is 3.95. The molecule has 0 saturated heterocycles. The fourth-order valence-electron chi connectivity index (χ4n) is 0.387. The first-order valence-corrected chi connectivity index (χ1v) is 2.77. The van der Waals surface area contributed by atoms with Gasteiger partial charge in [0.15, 0.2) is 0 Å². The van der Waals surface area contributed by atoms with E-state index >= 15 is 0 Å². The molecule has 0 aliphatic heterocycles. The normalized spacial score (nSPS) is 14.1. The van der Waals surface area contributed by atoms with E-state index in [4.69, 9.17) is 5.41 Å². The van der Waals surface area contributed by atoms with Gasteiger partial charge in [0.1, 0.15) is 0 Å². The van der Waals surface area contributed by atoms with E-state index in [1.165, 1.54) is 0 Å². The lowest BCUT2D eigenvalue weighted by Gasteiger charge is -2.17. The van der Waals surface area contributed by atoms with Gasteiger partial charge in [-0.05, 0) is 27.9 Å². The van der Waals surface area contributed by atoms with Crippen LogP contribution in [0.15, 0.2) is 0 Å². The summed E-state index contributed by atoms with van der Waals surface area (Å²) in [6.45, 7) is 3.84. The van der Waals surface area contributed by atoms with E-state index in [9.17, 15) is 0 Å². The molecule has 48 valence electrons. The number of hydrogen-bond donors (Lipinski definition) is 1. The maximum atomic E-state index is 7.19. The van der Waals surface area contributed by atoms with Crippen LogP contribution in [0.3, 0.4) is 0 Å². The maximum Gasteiger partial charge on any atom is 0.0437 e. The lowest BCUT2D eigenvalue weighted by molar-refractivity contribution is 0.380. The summed E-state index contributed by atoms with van der Waals surface area (Å²) in [6, 6.07) is 0.287. The second-order valence-corrected chi connectivity index (χ2v) is 2.32. The summed E-state index contributed by atoms with van der Waals surface area (Å²) in [5.74, 6) is 0. The van der Waals surface area contributed by atoms with E-state index in [1.54, 1.807) is 0 Å². The lowest BCUT2D eigenvalue weighted by atomic mass is 10.2. The predicted octanol–water partition coefficient (Wildman–Crippen LogP) is 0.976. The molecule has 0 bridgehead atoms. The number of hydrogen-bond acceptors (Lipinski definition) is 2. The molecule has 0 amide bonds. The van der Waals surface area contributed by atoms with E-state index in [0.29, 0.717) is 0 Å². The lowest BCUT2D eigenvalue weighted by Crippen LogP contribution is -2.30. The molecule has 0 aromatic carbocycles. The molecule has 0 aliphatic rings. The summed E-state index contributed by atoms with van der Waals surface area (Å²) >= 11 is 0. The zero-order valence-corrected chi connectivity index (χ0v) is 6.02. The van der Waals surface area contributed by atoms with E-state index in [0.717, 1.165) is 5.71 Å². The molecular weight excluding hydrogens is 100 g/mol. The van der Waals surface area contributed by atoms with Crippen molar-refractivity contribution in [3.63, 3.8) is 0 Å². The largest absolute Gasteiger partial charge is 0.308 e. The molecule has 2 nitrogen and oxygen atoms in total. The van der Waals surface area contributed by atoms with Crippen molar-refractivity contribution in [2.45, 2.75) is 19.9 Å². The van der Waals surface area contributed by atoms with Crippen molar-refractivity contribution >= 4 is 5.71 Å². The molecule has 0 aromatic heterocycles. The second kappa shape index (κ2) is 2.82. The minimum Gasteiger partial charge on any atom is -0.308 e. The fourth-order valence-corrected chi connectivity index (χ4v) is 0.387. The third-order valence-electron chi connectivity index (χ3n) is 1.40. The van der Waals surface area contributed by atoms with Crippen LogP contribution in [0.5, 0.6) is 0 Å². The highest BCUT2D eigenvalue weighted by atomic mass is 15.1. The smallest absolute Gasteiger partial charge is 0.0437 e. The minimum absolute atomic E-state index is 0.287. The maximum absolute atomic E-state index is 7.19. The summed E-state index contributed by atoms with van der Waals surface area (Å²) < 4.78 is 0. The Bertz CT molecular complexity index is 86.5. The van der Waals surface area contributed by atoms with Gasteiger partial charge in [-0.1, -0.05) is 0 Å². The molecule has 8 heavy (non-hydrogen) atoms. The molecule has 0 unspecified atom stereocenters. The average molecular weight is 114 g/mol. The molecule has 0 radical (unpaired) electrons. The Morgan fingerprint density at radius 3 is 1.88 bits per heavy atom. The Morgan fingerprint density at radius 1 is 1.50 bits per heavy atom. The first kappa shape index (κ1) is 7.63. The molecule has 0 spiro atoms. The van der Waals surface area contributed by atoms with E-state index < -0.39 is 0 Å². The molecular formula is C6H14N2. The predicted molar refractivity (Wildman–Crippen MR) is 36.5 cm³/mol. The van der Waals surface area contributed by atoms with Crippen molar-refractivity contribution in [3.05, 3.63) is 0 Å². The average Bonchev–Trinajstić information content (AvgIpc) is 1.64. The standard InChI is InChI=1S/C6H14N2/c1-5(7)6(2)8(3)4/h6-7H,1-4H3/t6-/m1/s1. The number of nitrogens with zero attached hydrogens (tertiary/aromatic N) is 1. The van der Waals surface area contributed by atoms with Crippen molar-refractivity contribution in [1.82, 2.24) is 4.90 Å². The Hall–Kier alpha value is -0.370. The van der Waals surface area contributed by atoms with Crippen LogP contribution >= 0.6 is 0 Å². The molecule has 0 saturated carbocycles. The van der Waals surface area contributed by atoms with Gasteiger partial charge in [0.25, 0.3) is 0 Å². The number of rotatable bonds is 2. The third kappa shape index (κ3) is 2.07. The summed E-state index contributed by atoms with van der Waals surface area (Å²) in [6.07, 6.45) is 0. The molecule has 0 heterocycles. The summed E-state index contributed by atoms with van der Waals surface area (Å²) in [5.41, 5.74) is 0.718. The van der Waals surface area contributed by atoms with Gasteiger partial charge in [0.2, 0.25) is 0 Å². The molecule has 0 aromatic rings. The van der Waals surface area contributed by atoms with Crippen molar-refractivity contribution < 1.29 is 0 Å². The molecule has 2 heteroatoms. The SMILES string of the molecule is CC(=N)[C@@H](C)N(C)C. The highest BCUT2D eigenvalue weighted by molar-refractivity contribution is 5.83. The highest BCUT2D eigenvalue weighted by Crippen LogP contribution is 1.90. The van der Waals surface area contributed by atoms with Gasteiger partial charge in [-0.3, -0.25) is 0 Å². The van der Waals surface area contributed by atoms with E-state index in [1.807, 2.05) is 32.8 Å². The summed E-state index contributed by atoms with van der Waals surface area (Å²) in [5, 5.41) is 7.19. The van der Waals surface area contributed by atoms with Gasteiger partial charge in [-0.2, -0.15) is 0 Å². The van der Waals surface area contributed by atoms with Crippen molar-refractivity contribution in [2.75, 3.05) is 14.1 Å². The Kier molecular flexibility index (Phi) is 2.69. The van der Waals surface area contributed by atoms with Crippen molar-refractivity contribution in [1.29, 1.82) is 5.41 Å². The molecule has 1 atom stereocenters. The second-order valence-electron chi connectivity index (χ2n) is 2.32. The molecule has 0 aliphatic carbocycles. The Morgan fingerprint density at radius 2 is 1.88 bits per heavy atom. The first-order chi connectivity index (χ1) is 3.55. The minimum atomic E-state index is 0.287. The quantitative estimate of drug-likeness (QED) is 0.532. The molecule has 1 N–H and O–H groups in total. The van der Waals surface area contributed by atoms with Gasteiger partial charge in [-0.25, -0.2) is 0 Å². The van der Waals surface area contributed by atoms with Crippen LogP contribution in [-0.4, -0.2) is 30.7 Å². The molecule has 0 rings (SSSR count). The van der Waals surface area contributed by atoms with Crippen molar-refractivity contribution in [2.24, 2.45) is 0 Å². The van der Waals surface area contributed by atoms with Gasteiger partial charge >= 0.3 is 0 Å². The van der Waals surface area contributed by atoms with Crippen LogP contribution in [0.2, 0.25) is 0 Å². The topological polar surface area (TPSA) is 27.1 Å².